The molecular weight excluding hydrogens is 941 g/mol. The maximum Gasteiger partial charge on any atom is 0.335 e. The van der Waals surface area contributed by atoms with Gasteiger partial charge in [-0.25, -0.2) is 29.3 Å². The summed E-state index contributed by atoms with van der Waals surface area (Å²) in [5.41, 5.74) is 11.2. The third kappa shape index (κ3) is 10.7. The van der Waals surface area contributed by atoms with E-state index in [0.29, 0.717) is 88.4 Å². The molecule has 1 aliphatic rings. The molecule has 8 aromatic carbocycles. The smallest absolute Gasteiger partial charge is 0.335 e. The van der Waals surface area contributed by atoms with Crippen LogP contribution in [0, 0.1) is 0 Å². The van der Waals surface area contributed by atoms with Crippen molar-refractivity contribution in [2.75, 3.05) is 26.3 Å². The number of fused-ring (bicyclic) bond motifs is 3. The van der Waals surface area contributed by atoms with E-state index in [1.165, 1.54) is 36.4 Å². The van der Waals surface area contributed by atoms with Gasteiger partial charge in [-0.15, -0.1) is 0 Å². The van der Waals surface area contributed by atoms with Gasteiger partial charge in [-0.05, 0) is 119 Å². The second-order valence-corrected chi connectivity index (χ2v) is 16.9. The second-order valence-electron chi connectivity index (χ2n) is 16.9. The van der Waals surface area contributed by atoms with Gasteiger partial charge in [0.15, 0.2) is 16.7 Å². The zero-order chi connectivity index (χ0) is 51.1. The highest BCUT2D eigenvalue weighted by Crippen LogP contribution is 2.31. The first-order valence-corrected chi connectivity index (χ1v) is 23.2. The Morgan fingerprint density at radius 2 is 0.770 bits per heavy atom. The minimum absolute atomic E-state index is 0.0685. The van der Waals surface area contributed by atoms with Gasteiger partial charge < -0.3 is 38.2 Å². The maximum atomic E-state index is 12.6. The normalized spacial score (nSPS) is 12.1. The van der Waals surface area contributed by atoms with Gasteiger partial charge in [0.1, 0.15) is 16.6 Å². The van der Waals surface area contributed by atoms with Crippen LogP contribution in [0.25, 0.3) is 89.9 Å². The number of nitrogens with zero attached hydrogens (tertiary/aromatic N) is 4. The molecule has 0 saturated carbocycles. The van der Waals surface area contributed by atoms with Crippen LogP contribution in [0.2, 0.25) is 0 Å². The number of carbonyl (C=O) groups is 4. The number of ether oxygens (including phenoxy) is 1. The molecule has 1 amide bonds. The van der Waals surface area contributed by atoms with E-state index in [9.17, 15) is 19.2 Å². The highest BCUT2D eigenvalue weighted by atomic mass is 16.5. The van der Waals surface area contributed by atoms with Gasteiger partial charge >= 0.3 is 17.9 Å². The standard InChI is InChI=1S/2C20H13NO3.C19H16N2O5/c22-20(23)16-10-11-18-17(12-16)21-19(24-18)15-8-6-14(7-9-15)13-4-2-1-3-5-13;22-20(23)16-10-11-17-18(12-16)24-19(21-17)15-8-6-14(7-9-15)13-4-2-1-3-5-13;22-18(21-6-8-25-9-7-21)13-4-5-15-16(11-13)26-17(20-15)12-2-1-3-14(10-12)19(23)24/h2*1-12H,(H,22,23);1-5,10-11H,6-9H2,(H,23,24). The fourth-order valence-corrected chi connectivity index (χ4v) is 8.15. The first kappa shape index (κ1) is 47.7. The average molecular weight is 983 g/mol. The molecule has 1 aliphatic heterocycles. The van der Waals surface area contributed by atoms with Crippen molar-refractivity contribution in [2.24, 2.45) is 0 Å². The van der Waals surface area contributed by atoms with E-state index < -0.39 is 17.9 Å². The lowest BCUT2D eigenvalue weighted by atomic mass is 10.0. The number of amides is 1. The molecule has 1 fully saturated rings. The van der Waals surface area contributed by atoms with Crippen LogP contribution in [0.4, 0.5) is 0 Å². The number of carboxylic acid groups (broad SMARTS) is 3. The lowest BCUT2D eigenvalue weighted by Gasteiger charge is -2.26. The predicted octanol–water partition coefficient (Wildman–Crippen LogP) is 12.4. The summed E-state index contributed by atoms with van der Waals surface area (Å²) in [4.78, 5) is 60.7. The van der Waals surface area contributed by atoms with Crippen LogP contribution < -0.4 is 0 Å². The monoisotopic (exact) mass is 982 g/mol. The molecular formula is C59H42N4O11. The highest BCUT2D eigenvalue weighted by molar-refractivity contribution is 5.98. The summed E-state index contributed by atoms with van der Waals surface area (Å²) in [6, 6.07) is 56.9. The fourth-order valence-electron chi connectivity index (χ4n) is 8.15. The van der Waals surface area contributed by atoms with Crippen LogP contribution in [0.3, 0.4) is 0 Å². The molecule has 0 spiro atoms. The lowest BCUT2D eigenvalue weighted by molar-refractivity contribution is 0.0303. The van der Waals surface area contributed by atoms with Gasteiger partial charge in [-0.3, -0.25) is 4.79 Å². The zero-order valence-corrected chi connectivity index (χ0v) is 39.1. The van der Waals surface area contributed by atoms with E-state index in [-0.39, 0.29) is 22.6 Å². The SMILES string of the molecule is O=C(O)c1ccc2nc(-c3ccc(-c4ccccc4)cc3)oc2c1.O=C(O)c1ccc2oc(-c3ccc(-c4ccccc4)cc3)nc2c1.O=C(O)c1cccc(-c2nc3ccc(C(=O)N4CCOCC4)cc3o2)c1. The first-order chi connectivity index (χ1) is 36.0. The molecule has 3 aromatic heterocycles. The summed E-state index contributed by atoms with van der Waals surface area (Å²) in [6.07, 6.45) is 0. The van der Waals surface area contributed by atoms with Crippen LogP contribution in [0.5, 0.6) is 0 Å². The highest BCUT2D eigenvalue weighted by Gasteiger charge is 2.21. The zero-order valence-electron chi connectivity index (χ0n) is 39.1. The summed E-state index contributed by atoms with van der Waals surface area (Å²) < 4.78 is 22.5. The van der Waals surface area contributed by atoms with Crippen molar-refractivity contribution in [2.45, 2.75) is 0 Å². The minimum atomic E-state index is -1.01. The number of benzene rings is 8. The molecule has 364 valence electrons. The topological polar surface area (TPSA) is 220 Å². The van der Waals surface area contributed by atoms with E-state index in [1.807, 2.05) is 84.9 Å². The van der Waals surface area contributed by atoms with Crippen LogP contribution in [-0.4, -0.2) is 85.3 Å². The molecule has 74 heavy (non-hydrogen) atoms. The van der Waals surface area contributed by atoms with E-state index >= 15 is 0 Å². The third-order valence-corrected chi connectivity index (χ3v) is 12.0. The molecule has 0 unspecified atom stereocenters. The molecule has 0 radical (unpaired) electrons. The predicted molar refractivity (Wildman–Crippen MR) is 277 cm³/mol. The van der Waals surface area contributed by atoms with Crippen molar-refractivity contribution >= 4 is 57.1 Å². The van der Waals surface area contributed by atoms with Gasteiger partial charge in [0, 0.05) is 35.3 Å². The van der Waals surface area contributed by atoms with E-state index in [2.05, 4.69) is 39.2 Å². The number of hydrogen-bond acceptors (Lipinski definition) is 11. The Balaban J connectivity index is 0.000000127. The summed E-state index contributed by atoms with van der Waals surface area (Å²) >= 11 is 0. The van der Waals surface area contributed by atoms with Gasteiger partial charge in [-0.2, -0.15) is 0 Å². The van der Waals surface area contributed by atoms with Gasteiger partial charge in [0.25, 0.3) is 5.91 Å². The molecule has 0 bridgehead atoms. The van der Waals surface area contributed by atoms with Gasteiger partial charge in [0.2, 0.25) is 17.7 Å². The van der Waals surface area contributed by atoms with Crippen molar-refractivity contribution < 1.29 is 52.5 Å². The summed E-state index contributed by atoms with van der Waals surface area (Å²) in [6.45, 7) is 2.22. The third-order valence-electron chi connectivity index (χ3n) is 12.0. The van der Waals surface area contributed by atoms with Crippen LogP contribution in [0.1, 0.15) is 41.4 Å². The van der Waals surface area contributed by atoms with E-state index in [0.717, 1.165) is 33.4 Å². The van der Waals surface area contributed by atoms with Crippen LogP contribution in [0.15, 0.2) is 201 Å². The van der Waals surface area contributed by atoms with Crippen molar-refractivity contribution in [3.05, 3.63) is 210 Å². The number of carboxylic acids is 3. The van der Waals surface area contributed by atoms with Crippen molar-refractivity contribution in [3.8, 4) is 56.6 Å². The molecule has 3 N–H and O–H groups in total. The Bertz CT molecular complexity index is 3650. The van der Waals surface area contributed by atoms with Crippen molar-refractivity contribution in [3.63, 3.8) is 0 Å². The van der Waals surface area contributed by atoms with Crippen LogP contribution in [-0.2, 0) is 4.74 Å². The molecule has 11 aromatic rings. The quantitative estimate of drug-likeness (QED) is 0.123. The summed E-state index contributed by atoms with van der Waals surface area (Å²) in [5.74, 6) is -1.77. The largest absolute Gasteiger partial charge is 0.478 e. The summed E-state index contributed by atoms with van der Waals surface area (Å²) in [7, 11) is 0. The Morgan fingerprint density at radius 1 is 0.365 bits per heavy atom. The lowest BCUT2D eigenvalue weighted by Crippen LogP contribution is -2.40. The number of aromatic carboxylic acids is 3. The molecule has 1 saturated heterocycles. The number of rotatable bonds is 9. The van der Waals surface area contributed by atoms with Gasteiger partial charge in [-0.1, -0.05) is 91.0 Å². The molecule has 15 nitrogen and oxygen atoms in total. The molecule has 0 aliphatic carbocycles. The number of morpholine rings is 1. The molecule has 12 rings (SSSR count). The Labute approximate surface area is 421 Å². The number of oxazole rings is 3. The molecule has 15 heteroatoms. The maximum absolute atomic E-state index is 12.6. The fraction of sp³-hybridized carbons (Fsp3) is 0.0678. The summed E-state index contributed by atoms with van der Waals surface area (Å²) in [5, 5.41) is 27.2. The van der Waals surface area contributed by atoms with Crippen molar-refractivity contribution in [1.82, 2.24) is 19.9 Å². The number of hydrogen-bond donors (Lipinski definition) is 3. The van der Waals surface area contributed by atoms with Crippen molar-refractivity contribution in [1.29, 1.82) is 0 Å². The Hall–Kier alpha value is -9.99. The van der Waals surface area contributed by atoms with E-state index in [4.69, 9.17) is 33.3 Å². The first-order valence-electron chi connectivity index (χ1n) is 23.2. The number of carbonyl (C=O) groups excluding carboxylic acids is 1. The van der Waals surface area contributed by atoms with Gasteiger partial charge in [0.05, 0.1) is 29.9 Å². The molecule has 0 atom stereocenters. The number of aromatic nitrogens is 3. The molecule has 4 heterocycles. The second kappa shape index (κ2) is 21.2. The Kier molecular flexibility index (Phi) is 13.6. The van der Waals surface area contributed by atoms with E-state index in [1.54, 1.807) is 47.4 Å². The van der Waals surface area contributed by atoms with Crippen LogP contribution >= 0.6 is 0 Å². The Morgan fingerprint density at radius 3 is 1.31 bits per heavy atom. The minimum Gasteiger partial charge on any atom is -0.478 e. The average Bonchev–Trinajstić information content (AvgIpc) is 4.21.